The lowest BCUT2D eigenvalue weighted by molar-refractivity contribution is -0.138. The maximum atomic E-state index is 13.2. The summed E-state index contributed by atoms with van der Waals surface area (Å²) in [6.45, 7) is 9.54. The summed E-state index contributed by atoms with van der Waals surface area (Å²) in [5.41, 5.74) is 4.05. The largest absolute Gasteiger partial charge is 0.457 e. The number of alkyl halides is 3. The van der Waals surface area contributed by atoms with Gasteiger partial charge >= 0.3 is 6.18 Å². The van der Waals surface area contributed by atoms with Gasteiger partial charge < -0.3 is 18.9 Å². The zero-order valence-electron chi connectivity index (χ0n) is 32.5. The maximum absolute atomic E-state index is 13.2. The molecule has 0 saturated heterocycles. The Morgan fingerprint density at radius 1 is 0.397 bits per heavy atom. The third-order valence-corrected chi connectivity index (χ3v) is 10.6. The Hall–Kier alpha value is -6.52. The summed E-state index contributed by atoms with van der Waals surface area (Å²) in [7, 11) is -3.64. The van der Waals surface area contributed by atoms with Gasteiger partial charge in [-0.1, -0.05) is 53.6 Å². The number of rotatable bonds is 10. The zero-order chi connectivity index (χ0) is 41.5. The maximum Gasteiger partial charge on any atom is 0.419 e. The number of hydrogen-bond acceptors (Lipinski definition) is 6. The summed E-state index contributed by atoms with van der Waals surface area (Å²) < 4.78 is 88.5. The number of benzene rings is 7. The summed E-state index contributed by atoms with van der Waals surface area (Å²) in [5.74, 6) is 3.95. The quantitative estimate of drug-likeness (QED) is 0.137. The van der Waals surface area contributed by atoms with Gasteiger partial charge in [0.2, 0.25) is 9.84 Å². The molecule has 7 aromatic carbocycles. The molecule has 0 radical (unpaired) electrons. The van der Waals surface area contributed by atoms with Crippen LogP contribution in [0.3, 0.4) is 0 Å². The molecule has 0 aliphatic heterocycles. The topological polar surface area (TPSA) is 71.1 Å². The third-order valence-electron chi connectivity index (χ3n) is 8.77. The second-order valence-electron chi connectivity index (χ2n) is 13.7. The highest BCUT2D eigenvalue weighted by Gasteiger charge is 2.34. The first kappa shape index (κ1) is 41.1. The number of sulfone groups is 1. The Balaban J connectivity index is 0.000000198. The van der Waals surface area contributed by atoms with Crippen LogP contribution >= 0.6 is 0 Å². The average Bonchev–Trinajstić information content (AvgIpc) is 3.18. The molecular formula is C48H41F3O6S. The molecule has 58 heavy (non-hydrogen) atoms. The molecule has 0 bridgehead atoms. The first-order valence-electron chi connectivity index (χ1n) is 18.3. The molecule has 0 saturated carbocycles. The SMILES string of the molecule is Cc1ccc(Oc2ccc(Oc3ccc(C)cc3C(F)(F)F)cc2)c(C)c1.Cc1cccc(Oc2ccc(S(=O)(=O)c3ccc(Oc4cccc(C)c4)cc3)cc2)c1. The third kappa shape index (κ3) is 10.9. The smallest absolute Gasteiger partial charge is 0.419 e. The fraction of sp³-hybridized carbons (Fsp3) is 0.125. The Morgan fingerprint density at radius 3 is 1.21 bits per heavy atom. The van der Waals surface area contributed by atoms with Gasteiger partial charge in [-0.3, -0.25) is 0 Å². The standard InChI is InChI=1S/C26H22O4S.C22H19F3O2/c1-19-5-3-7-23(17-19)29-21-9-13-25(14-10-21)31(27,28)26-15-11-22(12-16-26)30-24-8-4-6-20(2)18-24;1-14-4-10-20(16(3)12-14)26-17-6-8-18(9-7-17)27-21-11-5-15(2)13-19(21)22(23,24)25/h3-18H,1-2H3;4-13H,1-3H3. The number of halogens is 3. The summed E-state index contributed by atoms with van der Waals surface area (Å²) in [6.07, 6.45) is -4.48. The van der Waals surface area contributed by atoms with Crippen LogP contribution in [-0.2, 0) is 16.0 Å². The summed E-state index contributed by atoms with van der Waals surface area (Å²) in [5, 5.41) is 0. The zero-order valence-corrected chi connectivity index (χ0v) is 33.3. The lowest BCUT2D eigenvalue weighted by Crippen LogP contribution is -2.07. The van der Waals surface area contributed by atoms with E-state index in [-0.39, 0.29) is 15.5 Å². The number of aryl methyl sites for hydroxylation is 5. The molecule has 0 aromatic heterocycles. The molecule has 0 heterocycles. The van der Waals surface area contributed by atoms with Gasteiger partial charge in [-0.05, 0) is 167 Å². The van der Waals surface area contributed by atoms with Crippen molar-refractivity contribution in [2.45, 2.75) is 50.6 Å². The summed E-state index contributed by atoms with van der Waals surface area (Å²) >= 11 is 0. The molecule has 0 spiro atoms. The van der Waals surface area contributed by atoms with Crippen molar-refractivity contribution >= 4 is 9.84 Å². The first-order valence-corrected chi connectivity index (χ1v) is 19.8. The molecule has 6 nitrogen and oxygen atoms in total. The minimum atomic E-state index is -4.48. The van der Waals surface area contributed by atoms with Gasteiger partial charge in [0.1, 0.15) is 46.0 Å². The predicted molar refractivity (Wildman–Crippen MR) is 220 cm³/mol. The average molecular weight is 803 g/mol. The van der Waals surface area contributed by atoms with Crippen LogP contribution in [0, 0.1) is 34.6 Å². The van der Waals surface area contributed by atoms with Crippen LogP contribution in [0.1, 0.15) is 33.4 Å². The van der Waals surface area contributed by atoms with Crippen LogP contribution in [0.4, 0.5) is 13.2 Å². The van der Waals surface area contributed by atoms with E-state index in [0.29, 0.717) is 40.1 Å². The van der Waals surface area contributed by atoms with Gasteiger partial charge in [0.15, 0.2) is 0 Å². The normalized spacial score (nSPS) is 11.2. The Bertz CT molecular complexity index is 2510. The van der Waals surface area contributed by atoms with Crippen molar-refractivity contribution in [2.24, 2.45) is 0 Å². The first-order chi connectivity index (χ1) is 27.6. The van der Waals surface area contributed by atoms with Crippen molar-refractivity contribution in [2.75, 3.05) is 0 Å². The van der Waals surface area contributed by atoms with Crippen LogP contribution in [0.5, 0.6) is 46.0 Å². The lowest BCUT2D eigenvalue weighted by atomic mass is 10.1. The molecule has 0 aliphatic carbocycles. The van der Waals surface area contributed by atoms with E-state index in [4.69, 9.17) is 18.9 Å². The van der Waals surface area contributed by atoms with Crippen molar-refractivity contribution in [3.8, 4) is 46.0 Å². The highest BCUT2D eigenvalue weighted by Crippen LogP contribution is 2.39. The van der Waals surface area contributed by atoms with Crippen molar-refractivity contribution in [1.29, 1.82) is 0 Å². The second-order valence-corrected chi connectivity index (χ2v) is 15.7. The molecule has 10 heteroatoms. The molecule has 7 aromatic rings. The molecule has 0 aliphatic rings. The Morgan fingerprint density at radius 2 is 0.776 bits per heavy atom. The van der Waals surface area contributed by atoms with E-state index in [1.165, 1.54) is 6.07 Å². The Labute approximate surface area is 337 Å². The monoisotopic (exact) mass is 802 g/mol. The van der Waals surface area contributed by atoms with Gasteiger partial charge in [0, 0.05) is 0 Å². The van der Waals surface area contributed by atoms with E-state index >= 15 is 0 Å². The molecule has 0 amide bonds. The molecule has 0 atom stereocenters. The van der Waals surface area contributed by atoms with E-state index in [1.54, 1.807) is 85.8 Å². The lowest BCUT2D eigenvalue weighted by Gasteiger charge is -2.15. The second kappa shape index (κ2) is 17.7. The van der Waals surface area contributed by atoms with Crippen molar-refractivity contribution in [3.05, 3.63) is 191 Å². The summed E-state index contributed by atoms with van der Waals surface area (Å²) in [4.78, 5) is 0.410. The minimum Gasteiger partial charge on any atom is -0.457 e. The van der Waals surface area contributed by atoms with Crippen LogP contribution in [0.2, 0.25) is 0 Å². The fourth-order valence-electron chi connectivity index (χ4n) is 5.84. The van der Waals surface area contributed by atoms with Crippen LogP contribution in [-0.4, -0.2) is 8.42 Å². The number of ether oxygens (including phenoxy) is 4. The van der Waals surface area contributed by atoms with Gasteiger partial charge in [-0.25, -0.2) is 8.42 Å². The van der Waals surface area contributed by atoms with Crippen molar-refractivity contribution in [3.63, 3.8) is 0 Å². The highest BCUT2D eigenvalue weighted by molar-refractivity contribution is 7.91. The molecule has 7 rings (SSSR count). The van der Waals surface area contributed by atoms with E-state index in [9.17, 15) is 21.6 Å². The van der Waals surface area contributed by atoms with Gasteiger partial charge in [-0.15, -0.1) is 0 Å². The highest BCUT2D eigenvalue weighted by atomic mass is 32.2. The van der Waals surface area contributed by atoms with Gasteiger partial charge in [0.05, 0.1) is 15.4 Å². The fourth-order valence-corrected chi connectivity index (χ4v) is 7.10. The molecule has 0 fully saturated rings. The Kier molecular flexibility index (Phi) is 12.6. The van der Waals surface area contributed by atoms with E-state index in [0.717, 1.165) is 34.1 Å². The molecule has 0 unspecified atom stereocenters. The molecular weight excluding hydrogens is 762 g/mol. The van der Waals surface area contributed by atoms with E-state index in [2.05, 4.69) is 0 Å². The van der Waals surface area contributed by atoms with Crippen LogP contribution < -0.4 is 18.9 Å². The van der Waals surface area contributed by atoms with E-state index in [1.807, 2.05) is 94.4 Å². The van der Waals surface area contributed by atoms with E-state index < -0.39 is 21.6 Å². The van der Waals surface area contributed by atoms with Crippen LogP contribution in [0.25, 0.3) is 0 Å². The van der Waals surface area contributed by atoms with Crippen molar-refractivity contribution < 1.29 is 40.5 Å². The number of hydrogen-bond donors (Lipinski definition) is 0. The van der Waals surface area contributed by atoms with Crippen LogP contribution in [0.15, 0.2) is 168 Å². The molecule has 296 valence electrons. The van der Waals surface area contributed by atoms with Gasteiger partial charge in [-0.2, -0.15) is 13.2 Å². The minimum absolute atomic E-state index is 0.205. The molecule has 0 N–H and O–H groups in total. The summed E-state index contributed by atoms with van der Waals surface area (Å²) in [6, 6.07) is 44.5. The van der Waals surface area contributed by atoms with Gasteiger partial charge in [0.25, 0.3) is 0 Å². The predicted octanol–water partition coefficient (Wildman–Crippen LogP) is 13.9. The van der Waals surface area contributed by atoms with Crippen molar-refractivity contribution in [1.82, 2.24) is 0 Å².